The molecule has 0 unspecified atom stereocenters. The monoisotopic (exact) mass is 408 g/mol. The summed E-state index contributed by atoms with van der Waals surface area (Å²) in [6, 6.07) is 16.8. The molecule has 3 rings (SSSR count). The van der Waals surface area contributed by atoms with Crippen molar-refractivity contribution < 1.29 is 9.59 Å². The molecule has 0 aliphatic carbocycles. The average molecular weight is 409 g/mol. The van der Waals surface area contributed by atoms with Crippen LogP contribution in [0, 0.1) is 6.92 Å². The first kappa shape index (κ1) is 20.7. The molecule has 2 aromatic carbocycles. The number of benzene rings is 2. The number of anilines is 1. The van der Waals surface area contributed by atoms with E-state index < -0.39 is 6.04 Å². The molecule has 0 saturated heterocycles. The first-order chi connectivity index (χ1) is 14.0. The van der Waals surface area contributed by atoms with Crippen molar-refractivity contribution in [2.24, 2.45) is 0 Å². The summed E-state index contributed by atoms with van der Waals surface area (Å²) in [6.45, 7) is 5.63. The second kappa shape index (κ2) is 9.43. The third-order valence-electron chi connectivity index (χ3n) is 4.60. The Kier molecular flexibility index (Phi) is 6.72. The smallest absolute Gasteiger partial charge is 0.248 e. The maximum atomic E-state index is 12.6. The molecular formula is C22H24N4O2S. The SMILES string of the molecule is CC[C@@H](C(=O)N[C@@H](C)C(=O)Nc1nnc(-c2cccc(C)c2)s1)c1ccccc1. The molecule has 150 valence electrons. The maximum absolute atomic E-state index is 12.6. The van der Waals surface area contributed by atoms with Gasteiger partial charge in [0.2, 0.25) is 16.9 Å². The Morgan fingerprint density at radius 2 is 1.79 bits per heavy atom. The standard InChI is InChI=1S/C22H24N4O2S/c1-4-18(16-10-6-5-7-11-16)20(28)23-15(3)19(27)24-22-26-25-21(29-22)17-12-8-9-14(2)13-17/h5-13,15,18H,4H2,1-3H3,(H,23,28)(H,24,26,27)/t15-,18+/m0/s1. The quantitative estimate of drug-likeness (QED) is 0.615. The topological polar surface area (TPSA) is 84.0 Å². The molecule has 3 aromatic rings. The highest BCUT2D eigenvalue weighted by atomic mass is 32.1. The summed E-state index contributed by atoms with van der Waals surface area (Å²) >= 11 is 1.30. The molecule has 2 atom stereocenters. The van der Waals surface area contributed by atoms with Gasteiger partial charge in [-0.15, -0.1) is 10.2 Å². The lowest BCUT2D eigenvalue weighted by Crippen LogP contribution is -2.43. The van der Waals surface area contributed by atoms with Crippen LogP contribution in [0.25, 0.3) is 10.6 Å². The van der Waals surface area contributed by atoms with E-state index >= 15 is 0 Å². The number of aromatic nitrogens is 2. The molecule has 1 aromatic heterocycles. The van der Waals surface area contributed by atoms with Crippen LogP contribution >= 0.6 is 11.3 Å². The van der Waals surface area contributed by atoms with Gasteiger partial charge in [-0.2, -0.15) is 0 Å². The number of rotatable bonds is 7. The van der Waals surface area contributed by atoms with Gasteiger partial charge in [0.15, 0.2) is 0 Å². The third-order valence-corrected chi connectivity index (χ3v) is 5.49. The fourth-order valence-electron chi connectivity index (χ4n) is 3.02. The van der Waals surface area contributed by atoms with Crippen LogP contribution in [0.3, 0.4) is 0 Å². The zero-order valence-electron chi connectivity index (χ0n) is 16.7. The summed E-state index contributed by atoms with van der Waals surface area (Å²) in [6.07, 6.45) is 0.653. The highest BCUT2D eigenvalue weighted by molar-refractivity contribution is 7.18. The van der Waals surface area contributed by atoms with Gasteiger partial charge in [0.1, 0.15) is 11.0 Å². The van der Waals surface area contributed by atoms with E-state index in [1.54, 1.807) is 6.92 Å². The van der Waals surface area contributed by atoms with Crippen LogP contribution in [0.15, 0.2) is 54.6 Å². The summed E-state index contributed by atoms with van der Waals surface area (Å²) in [7, 11) is 0. The zero-order valence-corrected chi connectivity index (χ0v) is 17.5. The molecule has 7 heteroatoms. The van der Waals surface area contributed by atoms with Gasteiger partial charge in [-0.05, 0) is 31.9 Å². The lowest BCUT2D eigenvalue weighted by Gasteiger charge is -2.19. The normalized spacial score (nSPS) is 12.8. The van der Waals surface area contributed by atoms with Crippen LogP contribution in [-0.2, 0) is 9.59 Å². The average Bonchev–Trinajstić information content (AvgIpc) is 3.18. The Balaban J connectivity index is 1.61. The number of amides is 2. The summed E-state index contributed by atoms with van der Waals surface area (Å²) in [5, 5.41) is 14.9. The minimum absolute atomic E-state index is 0.168. The van der Waals surface area contributed by atoms with Gasteiger partial charge < -0.3 is 5.32 Å². The molecule has 0 aliphatic rings. The van der Waals surface area contributed by atoms with Gasteiger partial charge in [0.25, 0.3) is 0 Å². The van der Waals surface area contributed by atoms with Gasteiger partial charge in [-0.3, -0.25) is 14.9 Å². The predicted molar refractivity (Wildman–Crippen MR) is 116 cm³/mol. The van der Waals surface area contributed by atoms with E-state index in [1.165, 1.54) is 11.3 Å². The van der Waals surface area contributed by atoms with Crippen molar-refractivity contribution in [2.75, 3.05) is 5.32 Å². The first-order valence-electron chi connectivity index (χ1n) is 9.54. The molecule has 1 heterocycles. The Morgan fingerprint density at radius 3 is 2.48 bits per heavy atom. The molecule has 0 saturated carbocycles. The van der Waals surface area contributed by atoms with Gasteiger partial charge >= 0.3 is 0 Å². The second-order valence-corrected chi connectivity index (χ2v) is 7.85. The van der Waals surface area contributed by atoms with Gasteiger partial charge in [-0.1, -0.05) is 72.4 Å². The summed E-state index contributed by atoms with van der Waals surface area (Å²) in [5.41, 5.74) is 3.02. The molecule has 0 radical (unpaired) electrons. The maximum Gasteiger partial charge on any atom is 0.248 e. The molecule has 6 nitrogen and oxygen atoms in total. The number of aryl methyl sites for hydroxylation is 1. The van der Waals surface area contributed by atoms with Crippen molar-refractivity contribution in [1.82, 2.24) is 15.5 Å². The van der Waals surface area contributed by atoms with E-state index in [4.69, 9.17) is 0 Å². The lowest BCUT2D eigenvalue weighted by atomic mass is 9.95. The molecule has 29 heavy (non-hydrogen) atoms. The number of carbonyl (C=O) groups is 2. The van der Waals surface area contributed by atoms with Gasteiger partial charge in [0, 0.05) is 5.56 Å². The van der Waals surface area contributed by atoms with Crippen LogP contribution in [0.4, 0.5) is 5.13 Å². The molecule has 0 aliphatic heterocycles. The minimum Gasteiger partial charge on any atom is -0.344 e. The molecular weight excluding hydrogens is 384 g/mol. The highest BCUT2D eigenvalue weighted by Gasteiger charge is 2.23. The number of nitrogens with one attached hydrogen (secondary N) is 2. The third kappa shape index (κ3) is 5.26. The minimum atomic E-state index is -0.688. The largest absolute Gasteiger partial charge is 0.344 e. The zero-order chi connectivity index (χ0) is 20.8. The fourth-order valence-corrected chi connectivity index (χ4v) is 3.76. The van der Waals surface area contributed by atoms with Crippen LogP contribution < -0.4 is 10.6 Å². The summed E-state index contributed by atoms with van der Waals surface area (Å²) < 4.78 is 0. The number of hydrogen-bond donors (Lipinski definition) is 2. The van der Waals surface area contributed by atoms with Crippen molar-refractivity contribution in [3.8, 4) is 10.6 Å². The van der Waals surface area contributed by atoms with E-state index in [-0.39, 0.29) is 17.7 Å². The summed E-state index contributed by atoms with van der Waals surface area (Å²) in [4.78, 5) is 25.2. The van der Waals surface area contributed by atoms with Crippen molar-refractivity contribution in [3.63, 3.8) is 0 Å². The van der Waals surface area contributed by atoms with Gasteiger partial charge in [-0.25, -0.2) is 0 Å². The predicted octanol–water partition coefficient (Wildman–Crippen LogP) is 4.15. The van der Waals surface area contributed by atoms with E-state index in [0.717, 1.165) is 21.7 Å². The molecule has 0 bridgehead atoms. The lowest BCUT2D eigenvalue weighted by molar-refractivity contribution is -0.127. The summed E-state index contributed by atoms with van der Waals surface area (Å²) in [5.74, 6) is -0.784. The van der Waals surface area contributed by atoms with E-state index in [9.17, 15) is 9.59 Å². The van der Waals surface area contributed by atoms with E-state index in [1.807, 2.05) is 68.4 Å². The van der Waals surface area contributed by atoms with Crippen molar-refractivity contribution in [2.45, 2.75) is 39.2 Å². The van der Waals surface area contributed by atoms with Crippen LogP contribution in [0.2, 0.25) is 0 Å². The molecule has 0 fully saturated rings. The number of carbonyl (C=O) groups excluding carboxylic acids is 2. The van der Waals surface area contributed by atoms with Crippen LogP contribution in [0.1, 0.15) is 37.3 Å². The number of hydrogen-bond acceptors (Lipinski definition) is 5. The first-order valence-corrected chi connectivity index (χ1v) is 10.4. The Bertz CT molecular complexity index is 987. The van der Waals surface area contributed by atoms with Crippen LogP contribution in [0.5, 0.6) is 0 Å². The molecule has 2 amide bonds. The molecule has 0 spiro atoms. The van der Waals surface area contributed by atoms with Crippen LogP contribution in [-0.4, -0.2) is 28.1 Å². The highest BCUT2D eigenvalue weighted by Crippen LogP contribution is 2.27. The Labute approximate surface area is 174 Å². The Morgan fingerprint density at radius 1 is 1.03 bits per heavy atom. The molecule has 2 N–H and O–H groups in total. The second-order valence-electron chi connectivity index (χ2n) is 6.87. The van der Waals surface area contributed by atoms with Crippen molar-refractivity contribution in [3.05, 3.63) is 65.7 Å². The number of nitrogens with zero attached hydrogens (tertiary/aromatic N) is 2. The van der Waals surface area contributed by atoms with E-state index in [0.29, 0.717) is 11.6 Å². The Hall–Kier alpha value is -3.06. The van der Waals surface area contributed by atoms with Gasteiger partial charge in [0.05, 0.1) is 5.92 Å². The van der Waals surface area contributed by atoms with Crippen molar-refractivity contribution in [1.29, 1.82) is 0 Å². The van der Waals surface area contributed by atoms with Crippen molar-refractivity contribution >= 4 is 28.3 Å². The fraction of sp³-hybridized carbons (Fsp3) is 0.273. The van der Waals surface area contributed by atoms with E-state index in [2.05, 4.69) is 20.8 Å².